The van der Waals surface area contributed by atoms with Crippen molar-refractivity contribution in [2.75, 3.05) is 5.73 Å². The zero-order chi connectivity index (χ0) is 50.8. The van der Waals surface area contributed by atoms with Gasteiger partial charge in [-0.2, -0.15) is 0 Å². The molecule has 68 heavy (non-hydrogen) atoms. The maximum Gasteiger partial charge on any atom is 0.313 e. The van der Waals surface area contributed by atoms with E-state index in [0.717, 1.165) is 0 Å². The number of anilines is 1. The van der Waals surface area contributed by atoms with Crippen LogP contribution in [0.2, 0.25) is 0 Å². The molecule has 0 spiro atoms. The summed E-state index contributed by atoms with van der Waals surface area (Å²) in [7, 11) is 0. The lowest BCUT2D eigenvalue weighted by Crippen LogP contribution is -2.43. The molecule has 2 rings (SSSR count). The molecule has 0 amide bonds. The maximum absolute atomic E-state index is 13.2. The van der Waals surface area contributed by atoms with Gasteiger partial charge in [-0.3, -0.25) is 24.0 Å². The molecule has 14 nitrogen and oxygen atoms in total. The number of rotatable bonds is 7. The van der Waals surface area contributed by atoms with Gasteiger partial charge in [-0.25, -0.2) is 0 Å². The van der Waals surface area contributed by atoms with Gasteiger partial charge in [0.1, 0.15) is 29.9 Å². The minimum atomic E-state index is -1.30. The number of carbonyl (C=O) groups is 5. The van der Waals surface area contributed by atoms with Crippen LogP contribution in [0.4, 0.5) is 5.69 Å². The van der Waals surface area contributed by atoms with Gasteiger partial charge in [0.05, 0.1) is 42.7 Å². The molecule has 1 aromatic carbocycles. The van der Waals surface area contributed by atoms with Crippen LogP contribution in [0.3, 0.4) is 0 Å². The zero-order valence-electron chi connectivity index (χ0n) is 40.4. The smallest absolute Gasteiger partial charge is 0.313 e. The van der Waals surface area contributed by atoms with Gasteiger partial charge in [-0.1, -0.05) is 120 Å². The predicted molar refractivity (Wildman–Crippen MR) is 263 cm³/mol. The van der Waals surface area contributed by atoms with E-state index in [9.17, 15) is 59.7 Å². The molecule has 0 aromatic heterocycles. The minimum absolute atomic E-state index is 0.0655. The van der Waals surface area contributed by atoms with Gasteiger partial charge >= 0.3 is 5.97 Å². The fourth-order valence-corrected chi connectivity index (χ4v) is 7.82. The van der Waals surface area contributed by atoms with Crippen LogP contribution in [0.1, 0.15) is 122 Å². The molecule has 1 aliphatic heterocycles. The third-order valence-corrected chi connectivity index (χ3v) is 12.2. The molecular weight excluding hydrogens is 871 g/mol. The number of cyclic esters (lactones) is 1. The topological polar surface area (TPSA) is 262 Å². The van der Waals surface area contributed by atoms with Gasteiger partial charge in [0.2, 0.25) is 0 Å². The van der Waals surface area contributed by atoms with Gasteiger partial charge in [-0.05, 0) is 61.8 Å². The normalized spacial score (nSPS) is 31.3. The number of hydrogen-bond acceptors (Lipinski definition) is 14. The molecule has 1 aromatic rings. The Hall–Kier alpha value is -4.93. The summed E-state index contributed by atoms with van der Waals surface area (Å²) in [5.74, 6) is -3.26. The van der Waals surface area contributed by atoms with E-state index in [-0.39, 0.29) is 87.1 Å². The Morgan fingerprint density at radius 2 is 1.18 bits per heavy atom. The lowest BCUT2D eigenvalue weighted by Gasteiger charge is -2.35. The summed E-state index contributed by atoms with van der Waals surface area (Å²) in [6.07, 6.45) is 13.8. The highest BCUT2D eigenvalue weighted by Gasteiger charge is 2.38. The van der Waals surface area contributed by atoms with E-state index in [0.29, 0.717) is 17.7 Å². The Morgan fingerprint density at radius 1 is 0.676 bits per heavy atom. The van der Waals surface area contributed by atoms with Gasteiger partial charge in [0.15, 0.2) is 5.78 Å². The number of nitrogens with two attached hydrogens (primary N) is 1. The third-order valence-electron chi connectivity index (χ3n) is 12.2. The second-order valence-corrected chi connectivity index (χ2v) is 18.9. The lowest BCUT2D eigenvalue weighted by atomic mass is 9.76. The largest absolute Gasteiger partial charge is 0.461 e. The standard InChI is InChI=1S/C54H77NO13/c1-36-19-16-14-12-10-8-6-7-9-11-13-15-17-20-42(57)32-50(65)54(4,5)51(66)33-47(62)31-46(61)30-45(60)29-44(59)28-41(56)21-18-22-43(58)34-52(67)68-53(36)38(3)27-37(2)48(63)35-49(64)39-23-25-40(55)26-24-39/h6-17,19-20,23-26,36-38,42,44-46,48,50-51,53,57,59-61,63,65-66H,18,21-22,27-35,55H2,1-5H3/b7-6+,10-8+,11-9+,14-12+,15-13+,19-16+,20-17+. The number of hydrogen-bond donors (Lipinski definition) is 8. The number of ether oxygens (including phenoxy) is 1. The van der Waals surface area contributed by atoms with E-state index >= 15 is 0 Å². The molecule has 1 heterocycles. The molecule has 9 N–H and O–H groups in total. The van der Waals surface area contributed by atoms with E-state index in [1.165, 1.54) is 6.08 Å². The first kappa shape index (κ1) is 59.2. The Labute approximate surface area is 402 Å². The minimum Gasteiger partial charge on any atom is -0.461 e. The molecule has 0 aliphatic carbocycles. The number of allylic oxidation sites excluding steroid dienone is 12. The Morgan fingerprint density at radius 3 is 1.74 bits per heavy atom. The summed E-state index contributed by atoms with van der Waals surface area (Å²) < 4.78 is 5.94. The second-order valence-electron chi connectivity index (χ2n) is 18.9. The molecule has 376 valence electrons. The maximum atomic E-state index is 13.2. The number of carbonyl (C=O) groups excluding carboxylic acids is 5. The summed E-state index contributed by atoms with van der Waals surface area (Å²) >= 11 is 0. The number of benzene rings is 1. The first-order valence-electron chi connectivity index (χ1n) is 23.7. The van der Waals surface area contributed by atoms with Gasteiger partial charge < -0.3 is 46.2 Å². The molecule has 0 saturated carbocycles. The van der Waals surface area contributed by atoms with Gasteiger partial charge in [0.25, 0.3) is 0 Å². The summed E-state index contributed by atoms with van der Waals surface area (Å²) in [4.78, 5) is 64.3. The van der Waals surface area contributed by atoms with E-state index in [1.807, 2.05) is 75.5 Å². The molecular formula is C54H77NO13. The summed E-state index contributed by atoms with van der Waals surface area (Å²) in [5.41, 5.74) is 5.51. The van der Waals surface area contributed by atoms with Crippen LogP contribution in [0.25, 0.3) is 0 Å². The van der Waals surface area contributed by atoms with Crippen molar-refractivity contribution in [3.8, 4) is 0 Å². The average Bonchev–Trinajstić information content (AvgIpc) is 3.24. The molecule has 11 atom stereocenters. The van der Waals surface area contributed by atoms with Crippen LogP contribution in [-0.4, -0.2) is 114 Å². The number of aliphatic hydroxyl groups is 7. The van der Waals surface area contributed by atoms with Crippen molar-refractivity contribution in [3.05, 3.63) is 115 Å². The Bertz CT molecular complexity index is 1940. The van der Waals surface area contributed by atoms with Crippen molar-refractivity contribution in [1.29, 1.82) is 0 Å². The second kappa shape index (κ2) is 31.2. The van der Waals surface area contributed by atoms with E-state index in [1.54, 1.807) is 62.4 Å². The molecule has 11 unspecified atom stereocenters. The van der Waals surface area contributed by atoms with E-state index in [4.69, 9.17) is 10.5 Å². The van der Waals surface area contributed by atoms with Crippen molar-refractivity contribution in [2.45, 2.75) is 161 Å². The summed E-state index contributed by atoms with van der Waals surface area (Å²) in [6, 6.07) is 6.47. The van der Waals surface area contributed by atoms with Crippen molar-refractivity contribution >= 4 is 34.8 Å². The predicted octanol–water partition coefficient (Wildman–Crippen LogP) is 6.12. The molecule has 1 aliphatic rings. The van der Waals surface area contributed by atoms with Crippen molar-refractivity contribution < 1.29 is 64.5 Å². The third kappa shape index (κ3) is 23.9. The summed E-state index contributed by atoms with van der Waals surface area (Å²) in [6.45, 7) is 8.72. The van der Waals surface area contributed by atoms with Crippen LogP contribution in [0, 0.1) is 23.2 Å². The number of Topliss-reactive ketones (excluding diaryl/α,β-unsaturated/α-hetero) is 4. The molecule has 0 bridgehead atoms. The Kier molecular flexibility index (Phi) is 27.2. The molecule has 14 heteroatoms. The Balaban J connectivity index is 2.20. The van der Waals surface area contributed by atoms with Crippen LogP contribution >= 0.6 is 0 Å². The fraction of sp³-hybridized carbons (Fsp3) is 0.537. The highest BCUT2D eigenvalue weighted by Crippen LogP contribution is 2.32. The van der Waals surface area contributed by atoms with Gasteiger partial charge in [0, 0.05) is 67.5 Å². The van der Waals surface area contributed by atoms with Crippen molar-refractivity contribution in [3.63, 3.8) is 0 Å². The van der Waals surface area contributed by atoms with Gasteiger partial charge in [-0.15, -0.1) is 0 Å². The molecule has 0 fully saturated rings. The van der Waals surface area contributed by atoms with E-state index < -0.39 is 84.6 Å². The number of aliphatic hydroxyl groups excluding tert-OH is 7. The van der Waals surface area contributed by atoms with Crippen molar-refractivity contribution in [2.24, 2.45) is 23.2 Å². The fourth-order valence-electron chi connectivity index (χ4n) is 7.82. The lowest BCUT2D eigenvalue weighted by molar-refractivity contribution is -0.155. The first-order valence-corrected chi connectivity index (χ1v) is 23.7. The van der Waals surface area contributed by atoms with Crippen LogP contribution in [-0.2, 0) is 23.9 Å². The quantitative estimate of drug-likeness (QED) is 0.0663. The highest BCUT2D eigenvalue weighted by molar-refractivity contribution is 5.97. The van der Waals surface area contributed by atoms with E-state index in [2.05, 4.69) is 0 Å². The van der Waals surface area contributed by atoms with Crippen LogP contribution < -0.4 is 5.73 Å². The SMILES string of the molecule is CC1/C=C/C=C/C=C/C=C/C=C/C=C/C=C/C(O)CC(O)C(C)(C)C(O)CC(=O)CC(O)CC(O)CC(O)CC(=O)CCCC(=O)CC(=O)OC1C(C)CC(C)C(O)CC(=O)c1ccc(N)cc1. The summed E-state index contributed by atoms with van der Waals surface area (Å²) in [5, 5.41) is 74.6. The molecule has 0 saturated heterocycles. The molecule has 0 radical (unpaired) electrons. The van der Waals surface area contributed by atoms with Crippen molar-refractivity contribution in [1.82, 2.24) is 0 Å². The highest BCUT2D eigenvalue weighted by atomic mass is 16.5. The van der Waals surface area contributed by atoms with Crippen LogP contribution in [0.5, 0.6) is 0 Å². The number of ketones is 4. The number of esters is 1. The average molecular weight is 948 g/mol. The number of nitrogen functional groups attached to an aromatic ring is 1. The first-order chi connectivity index (χ1) is 32.1. The zero-order valence-corrected chi connectivity index (χ0v) is 40.4. The monoisotopic (exact) mass is 948 g/mol. The van der Waals surface area contributed by atoms with Crippen LogP contribution in [0.15, 0.2) is 109 Å².